The standard InChI is InChI=1S/C31H29N3O7/c35-28(36)17-16-22-11-4-6-13-24(22)33-29(37)25(34-30(38)27-19-23-12-5-7-15-26(23)41-27)14-8-18-32-31(39)40-20-21-9-2-1-3-10-21/h1-7,9-13,15-17,19,25H,8,14,18,20H2,(H,32,39)(H,33,37)(H,34,38)(H,35,36)/b17-16+/t25-/m0/s1. The number of carboxylic acid groups (broad SMARTS) is 1. The predicted molar refractivity (Wildman–Crippen MR) is 153 cm³/mol. The summed E-state index contributed by atoms with van der Waals surface area (Å²) < 4.78 is 10.8. The summed E-state index contributed by atoms with van der Waals surface area (Å²) in [6, 6.07) is 23.7. The Morgan fingerprint density at radius 1 is 0.927 bits per heavy atom. The van der Waals surface area contributed by atoms with Gasteiger partial charge in [0.2, 0.25) is 5.91 Å². The van der Waals surface area contributed by atoms with Gasteiger partial charge in [-0.05, 0) is 48.2 Å². The number of fused-ring (bicyclic) bond motifs is 1. The van der Waals surface area contributed by atoms with Gasteiger partial charge in [-0.2, -0.15) is 0 Å². The van der Waals surface area contributed by atoms with E-state index in [9.17, 15) is 19.2 Å². The molecule has 1 aromatic heterocycles. The Bertz CT molecular complexity index is 1510. The van der Waals surface area contributed by atoms with E-state index in [1.807, 2.05) is 42.5 Å². The first-order valence-electron chi connectivity index (χ1n) is 12.9. The largest absolute Gasteiger partial charge is 0.478 e. The number of amides is 3. The number of nitrogens with one attached hydrogen (secondary N) is 3. The molecule has 0 fully saturated rings. The fourth-order valence-corrected chi connectivity index (χ4v) is 4.00. The molecule has 0 aliphatic heterocycles. The van der Waals surface area contributed by atoms with Crippen LogP contribution in [0.4, 0.5) is 10.5 Å². The maximum atomic E-state index is 13.3. The third kappa shape index (κ3) is 8.56. The van der Waals surface area contributed by atoms with Gasteiger partial charge in [-0.15, -0.1) is 0 Å². The second-order valence-electron chi connectivity index (χ2n) is 9.05. The Kier molecular flexibility index (Phi) is 9.87. The average Bonchev–Trinajstić information content (AvgIpc) is 3.42. The van der Waals surface area contributed by atoms with Crippen LogP contribution < -0.4 is 16.0 Å². The van der Waals surface area contributed by atoms with E-state index >= 15 is 0 Å². The average molecular weight is 556 g/mol. The third-order valence-corrected chi connectivity index (χ3v) is 6.05. The summed E-state index contributed by atoms with van der Waals surface area (Å²) in [6.07, 6.45) is 2.27. The van der Waals surface area contributed by atoms with Gasteiger partial charge in [-0.25, -0.2) is 9.59 Å². The van der Waals surface area contributed by atoms with Crippen LogP contribution in [0, 0.1) is 0 Å². The van der Waals surface area contributed by atoms with Crippen LogP contribution in [0.25, 0.3) is 17.0 Å². The summed E-state index contributed by atoms with van der Waals surface area (Å²) in [5.74, 6) is -2.17. The topological polar surface area (TPSA) is 147 Å². The van der Waals surface area contributed by atoms with Crippen molar-refractivity contribution < 1.29 is 33.4 Å². The summed E-state index contributed by atoms with van der Waals surface area (Å²) in [4.78, 5) is 49.4. The summed E-state index contributed by atoms with van der Waals surface area (Å²) in [6.45, 7) is 0.330. The molecule has 4 rings (SSSR count). The number of benzene rings is 3. The highest BCUT2D eigenvalue weighted by Gasteiger charge is 2.24. The zero-order valence-corrected chi connectivity index (χ0v) is 22.0. The van der Waals surface area contributed by atoms with Gasteiger partial charge in [0, 0.05) is 23.7 Å². The summed E-state index contributed by atoms with van der Waals surface area (Å²) in [5.41, 5.74) is 2.25. The molecule has 0 unspecified atom stereocenters. The van der Waals surface area contributed by atoms with Gasteiger partial charge in [-0.1, -0.05) is 66.7 Å². The number of carbonyl (C=O) groups is 4. The lowest BCUT2D eigenvalue weighted by Crippen LogP contribution is -2.44. The van der Waals surface area contributed by atoms with E-state index < -0.39 is 29.9 Å². The molecule has 0 radical (unpaired) electrons. The number of anilines is 1. The lowest BCUT2D eigenvalue weighted by atomic mass is 10.1. The van der Waals surface area contributed by atoms with Crippen molar-refractivity contribution in [2.24, 2.45) is 0 Å². The van der Waals surface area contributed by atoms with Crippen molar-refractivity contribution in [2.45, 2.75) is 25.5 Å². The molecule has 0 aliphatic carbocycles. The highest BCUT2D eigenvalue weighted by Crippen LogP contribution is 2.20. The Balaban J connectivity index is 1.40. The number of ether oxygens (including phenoxy) is 1. The minimum Gasteiger partial charge on any atom is -0.478 e. The molecular weight excluding hydrogens is 526 g/mol. The van der Waals surface area contributed by atoms with Crippen molar-refractivity contribution in [1.82, 2.24) is 10.6 Å². The van der Waals surface area contributed by atoms with Gasteiger partial charge < -0.3 is 30.2 Å². The quantitative estimate of drug-likeness (QED) is 0.142. The van der Waals surface area contributed by atoms with E-state index in [2.05, 4.69) is 16.0 Å². The fraction of sp³-hybridized carbons (Fsp3) is 0.161. The van der Waals surface area contributed by atoms with Gasteiger partial charge in [0.15, 0.2) is 5.76 Å². The molecule has 3 aromatic carbocycles. The monoisotopic (exact) mass is 555 g/mol. The highest BCUT2D eigenvalue weighted by atomic mass is 16.5. The number of para-hydroxylation sites is 2. The van der Waals surface area contributed by atoms with E-state index in [0.717, 1.165) is 17.0 Å². The minimum absolute atomic E-state index is 0.0522. The van der Waals surface area contributed by atoms with Gasteiger partial charge >= 0.3 is 12.1 Å². The molecular formula is C31H29N3O7. The van der Waals surface area contributed by atoms with Gasteiger partial charge in [0.05, 0.1) is 0 Å². The molecule has 10 heteroatoms. The second kappa shape index (κ2) is 14.1. The van der Waals surface area contributed by atoms with E-state index in [0.29, 0.717) is 23.3 Å². The van der Waals surface area contributed by atoms with E-state index in [1.165, 1.54) is 6.08 Å². The lowest BCUT2D eigenvalue weighted by molar-refractivity contribution is -0.131. The maximum Gasteiger partial charge on any atom is 0.407 e. The van der Waals surface area contributed by atoms with Gasteiger partial charge in [0.25, 0.3) is 5.91 Å². The van der Waals surface area contributed by atoms with Crippen LogP contribution in [0.15, 0.2) is 95.4 Å². The highest BCUT2D eigenvalue weighted by molar-refractivity contribution is 6.02. The molecule has 3 amide bonds. The number of carboxylic acids is 1. The molecule has 0 spiro atoms. The number of rotatable bonds is 12. The first-order valence-corrected chi connectivity index (χ1v) is 12.9. The number of aliphatic carboxylic acids is 1. The van der Waals surface area contributed by atoms with Crippen molar-refractivity contribution >= 4 is 46.6 Å². The van der Waals surface area contributed by atoms with Crippen molar-refractivity contribution in [2.75, 3.05) is 11.9 Å². The predicted octanol–water partition coefficient (Wildman–Crippen LogP) is 4.97. The van der Waals surface area contributed by atoms with Gasteiger partial charge in [0.1, 0.15) is 18.2 Å². The first kappa shape index (κ1) is 28.6. The third-order valence-electron chi connectivity index (χ3n) is 6.05. The Labute approximate surface area is 236 Å². The van der Waals surface area contributed by atoms with Crippen molar-refractivity contribution in [1.29, 1.82) is 0 Å². The number of alkyl carbamates (subject to hydrolysis) is 1. The number of carbonyl (C=O) groups excluding carboxylic acids is 3. The maximum absolute atomic E-state index is 13.3. The molecule has 10 nitrogen and oxygen atoms in total. The normalized spacial score (nSPS) is 11.6. The Morgan fingerprint density at radius 2 is 1.66 bits per heavy atom. The van der Waals surface area contributed by atoms with Gasteiger partial charge in [-0.3, -0.25) is 9.59 Å². The Morgan fingerprint density at radius 3 is 2.44 bits per heavy atom. The van der Waals surface area contributed by atoms with Crippen LogP contribution in [0.5, 0.6) is 0 Å². The lowest BCUT2D eigenvalue weighted by Gasteiger charge is -2.19. The molecule has 41 heavy (non-hydrogen) atoms. The molecule has 0 saturated heterocycles. The molecule has 0 bridgehead atoms. The van der Waals surface area contributed by atoms with Crippen molar-refractivity contribution in [3.05, 3.63) is 108 Å². The summed E-state index contributed by atoms with van der Waals surface area (Å²) >= 11 is 0. The molecule has 0 saturated carbocycles. The molecule has 4 N–H and O–H groups in total. The first-order chi connectivity index (χ1) is 19.9. The van der Waals surface area contributed by atoms with Crippen LogP contribution in [0.1, 0.15) is 34.5 Å². The van der Waals surface area contributed by atoms with E-state index in [1.54, 1.807) is 42.5 Å². The van der Waals surface area contributed by atoms with E-state index in [4.69, 9.17) is 14.3 Å². The van der Waals surface area contributed by atoms with Crippen molar-refractivity contribution in [3.63, 3.8) is 0 Å². The fourth-order valence-electron chi connectivity index (χ4n) is 4.00. The summed E-state index contributed by atoms with van der Waals surface area (Å²) in [5, 5.41) is 17.9. The SMILES string of the molecule is O=C(O)/C=C/c1ccccc1NC(=O)[C@H](CCCNC(=O)OCc1ccccc1)NC(=O)c1cc2ccccc2o1. The molecule has 1 atom stereocenters. The van der Waals surface area contributed by atoms with Crippen LogP contribution in [0.2, 0.25) is 0 Å². The molecule has 0 aliphatic rings. The molecule has 1 heterocycles. The molecule has 4 aromatic rings. The van der Waals surface area contributed by atoms with Crippen LogP contribution in [-0.4, -0.2) is 41.6 Å². The summed E-state index contributed by atoms with van der Waals surface area (Å²) in [7, 11) is 0. The zero-order valence-electron chi connectivity index (χ0n) is 22.0. The smallest absolute Gasteiger partial charge is 0.407 e. The van der Waals surface area contributed by atoms with Crippen LogP contribution in [0.3, 0.4) is 0 Å². The second-order valence-corrected chi connectivity index (χ2v) is 9.05. The van der Waals surface area contributed by atoms with E-state index in [-0.39, 0.29) is 25.3 Å². The van der Waals surface area contributed by atoms with Crippen LogP contribution in [-0.2, 0) is 20.9 Å². The molecule has 210 valence electrons. The van der Waals surface area contributed by atoms with Crippen molar-refractivity contribution in [3.8, 4) is 0 Å². The van der Waals surface area contributed by atoms with Crippen LogP contribution >= 0.6 is 0 Å². The minimum atomic E-state index is -1.13. The zero-order chi connectivity index (χ0) is 29.0. The Hall–Kier alpha value is -5.38. The number of hydrogen-bond acceptors (Lipinski definition) is 6. The number of hydrogen-bond donors (Lipinski definition) is 4. The number of furan rings is 1.